The second-order valence-corrected chi connectivity index (χ2v) is 7.75. The number of carbonyl (C=O) groups is 2. The molecule has 2 aliphatic rings. The minimum absolute atomic E-state index is 0.0193. The van der Waals surface area contributed by atoms with E-state index in [-0.39, 0.29) is 25.0 Å². The fourth-order valence-electron chi connectivity index (χ4n) is 2.59. The van der Waals surface area contributed by atoms with E-state index in [0.717, 1.165) is 0 Å². The molecular formula is C12H21N3O5S. The molecule has 2 fully saturated rings. The zero-order valence-corrected chi connectivity index (χ0v) is 13.0. The highest BCUT2D eigenvalue weighted by atomic mass is 32.2. The Balaban J connectivity index is 2.03. The lowest BCUT2D eigenvalue weighted by Crippen LogP contribution is -2.59. The third-order valence-electron chi connectivity index (χ3n) is 3.66. The van der Waals surface area contributed by atoms with Gasteiger partial charge >= 0.3 is 6.03 Å². The Morgan fingerprint density at radius 2 is 2.10 bits per heavy atom. The number of nitrogens with one attached hydrogen (secondary N) is 2. The summed E-state index contributed by atoms with van der Waals surface area (Å²) in [6.07, 6.45) is 0.935. The van der Waals surface area contributed by atoms with Crippen molar-refractivity contribution in [1.29, 1.82) is 0 Å². The number of piperidine rings is 1. The molecule has 2 N–H and O–H groups in total. The summed E-state index contributed by atoms with van der Waals surface area (Å²) < 4.78 is 31.1. The van der Waals surface area contributed by atoms with E-state index in [1.165, 1.54) is 4.31 Å². The highest BCUT2D eigenvalue weighted by Gasteiger charge is 2.50. The molecule has 0 aromatic heterocycles. The van der Waals surface area contributed by atoms with Crippen molar-refractivity contribution in [1.82, 2.24) is 14.9 Å². The van der Waals surface area contributed by atoms with Crippen LogP contribution in [-0.2, 0) is 19.6 Å². The van der Waals surface area contributed by atoms with Crippen molar-refractivity contribution in [2.75, 3.05) is 25.4 Å². The van der Waals surface area contributed by atoms with Crippen molar-refractivity contribution < 1.29 is 22.7 Å². The SMILES string of the molecule is CC(C)OCCS(=O)(=O)N1CCCC2(C1)NC(=O)NC2=O. The van der Waals surface area contributed by atoms with Crippen LogP contribution in [0.3, 0.4) is 0 Å². The van der Waals surface area contributed by atoms with E-state index in [2.05, 4.69) is 10.6 Å². The average molecular weight is 319 g/mol. The Morgan fingerprint density at radius 3 is 2.67 bits per heavy atom. The van der Waals surface area contributed by atoms with E-state index in [0.29, 0.717) is 19.4 Å². The first-order valence-electron chi connectivity index (χ1n) is 6.98. The molecule has 2 aliphatic heterocycles. The normalized spacial score (nSPS) is 27.2. The highest BCUT2D eigenvalue weighted by Crippen LogP contribution is 2.26. The van der Waals surface area contributed by atoms with Gasteiger partial charge in [0.2, 0.25) is 10.0 Å². The van der Waals surface area contributed by atoms with Crippen molar-refractivity contribution in [3.63, 3.8) is 0 Å². The topological polar surface area (TPSA) is 105 Å². The zero-order chi connectivity index (χ0) is 15.7. The Bertz CT molecular complexity index is 533. The molecule has 2 heterocycles. The molecule has 0 saturated carbocycles. The van der Waals surface area contributed by atoms with Gasteiger partial charge in [-0.3, -0.25) is 10.1 Å². The van der Waals surface area contributed by atoms with Crippen molar-refractivity contribution in [2.45, 2.75) is 38.3 Å². The molecule has 3 amide bonds. The van der Waals surface area contributed by atoms with Crippen LogP contribution in [0.15, 0.2) is 0 Å². The minimum atomic E-state index is -3.51. The molecule has 0 aromatic carbocycles. The standard InChI is InChI=1S/C12H21N3O5S/c1-9(2)20-6-7-21(18,19)15-5-3-4-12(8-15)10(16)13-11(17)14-12/h9H,3-8H2,1-2H3,(H2,13,14,16,17). The van der Waals surface area contributed by atoms with Crippen LogP contribution in [0.4, 0.5) is 4.79 Å². The van der Waals surface area contributed by atoms with Crippen molar-refractivity contribution in [3.05, 3.63) is 0 Å². The number of imide groups is 1. The zero-order valence-electron chi connectivity index (χ0n) is 12.2. The van der Waals surface area contributed by atoms with Crippen LogP contribution >= 0.6 is 0 Å². The summed E-state index contributed by atoms with van der Waals surface area (Å²) in [6, 6.07) is -0.567. The number of nitrogens with zero attached hydrogens (tertiary/aromatic N) is 1. The van der Waals surface area contributed by atoms with Crippen LogP contribution in [0.25, 0.3) is 0 Å². The largest absolute Gasteiger partial charge is 0.378 e. The van der Waals surface area contributed by atoms with Crippen LogP contribution in [0.5, 0.6) is 0 Å². The molecule has 2 rings (SSSR count). The van der Waals surface area contributed by atoms with Gasteiger partial charge in [-0.15, -0.1) is 0 Å². The summed E-state index contributed by atoms with van der Waals surface area (Å²) in [6.45, 7) is 4.12. The number of rotatable bonds is 5. The Labute approximate surface area is 124 Å². The van der Waals surface area contributed by atoms with E-state index in [1.807, 2.05) is 13.8 Å². The van der Waals surface area contributed by atoms with Gasteiger partial charge in [-0.25, -0.2) is 13.2 Å². The Morgan fingerprint density at radius 1 is 1.38 bits per heavy atom. The first kappa shape index (κ1) is 16.2. The lowest BCUT2D eigenvalue weighted by Gasteiger charge is -2.37. The monoisotopic (exact) mass is 319 g/mol. The van der Waals surface area contributed by atoms with Crippen molar-refractivity contribution in [2.24, 2.45) is 0 Å². The summed E-state index contributed by atoms with van der Waals surface area (Å²) in [5.74, 6) is -0.581. The summed E-state index contributed by atoms with van der Waals surface area (Å²) in [4.78, 5) is 23.2. The van der Waals surface area contributed by atoms with Crippen LogP contribution in [0.2, 0.25) is 0 Å². The summed E-state index contributed by atoms with van der Waals surface area (Å²) >= 11 is 0. The number of urea groups is 1. The van der Waals surface area contributed by atoms with E-state index < -0.39 is 27.5 Å². The van der Waals surface area contributed by atoms with Crippen LogP contribution in [-0.4, -0.2) is 61.8 Å². The second kappa shape index (κ2) is 5.90. The summed E-state index contributed by atoms with van der Waals surface area (Å²) in [5, 5.41) is 4.73. The molecule has 1 atom stereocenters. The van der Waals surface area contributed by atoms with Gasteiger partial charge in [-0.1, -0.05) is 0 Å². The maximum atomic E-state index is 12.3. The van der Waals surface area contributed by atoms with Gasteiger partial charge in [-0.2, -0.15) is 4.31 Å². The molecule has 2 saturated heterocycles. The minimum Gasteiger partial charge on any atom is -0.378 e. The molecule has 1 unspecified atom stereocenters. The van der Waals surface area contributed by atoms with Gasteiger partial charge in [0.1, 0.15) is 5.54 Å². The van der Waals surface area contributed by atoms with Gasteiger partial charge in [0, 0.05) is 13.1 Å². The number of sulfonamides is 1. The molecule has 0 radical (unpaired) electrons. The summed E-state index contributed by atoms with van der Waals surface area (Å²) in [5.41, 5.74) is -1.12. The quantitative estimate of drug-likeness (QED) is 0.659. The highest BCUT2D eigenvalue weighted by molar-refractivity contribution is 7.89. The predicted octanol–water partition coefficient (Wildman–Crippen LogP) is -0.585. The maximum Gasteiger partial charge on any atom is 0.322 e. The average Bonchev–Trinajstić information content (AvgIpc) is 2.63. The van der Waals surface area contributed by atoms with E-state index >= 15 is 0 Å². The Kier molecular flexibility index (Phi) is 4.54. The fourth-order valence-corrected chi connectivity index (χ4v) is 3.98. The first-order valence-corrected chi connectivity index (χ1v) is 8.59. The molecule has 8 nitrogen and oxygen atoms in total. The first-order chi connectivity index (χ1) is 9.75. The van der Waals surface area contributed by atoms with Gasteiger partial charge in [0.15, 0.2) is 0 Å². The van der Waals surface area contributed by atoms with Gasteiger partial charge < -0.3 is 10.1 Å². The lowest BCUT2D eigenvalue weighted by atomic mass is 9.90. The van der Waals surface area contributed by atoms with Gasteiger partial charge in [0.05, 0.1) is 18.5 Å². The number of carbonyl (C=O) groups excluding carboxylic acids is 2. The Hall–Kier alpha value is -1.19. The molecule has 0 aromatic rings. The van der Waals surface area contributed by atoms with Gasteiger partial charge in [0.25, 0.3) is 5.91 Å². The smallest absolute Gasteiger partial charge is 0.322 e. The maximum absolute atomic E-state index is 12.3. The molecule has 0 aliphatic carbocycles. The number of hydrogen-bond donors (Lipinski definition) is 2. The third kappa shape index (κ3) is 3.53. The number of amides is 3. The molecule has 120 valence electrons. The molecular weight excluding hydrogens is 298 g/mol. The fraction of sp³-hybridized carbons (Fsp3) is 0.833. The molecule has 21 heavy (non-hydrogen) atoms. The lowest BCUT2D eigenvalue weighted by molar-refractivity contribution is -0.125. The number of ether oxygens (including phenoxy) is 1. The van der Waals surface area contributed by atoms with E-state index in [1.54, 1.807) is 0 Å². The van der Waals surface area contributed by atoms with Gasteiger partial charge in [-0.05, 0) is 26.7 Å². The predicted molar refractivity (Wildman–Crippen MR) is 75.1 cm³/mol. The third-order valence-corrected chi connectivity index (χ3v) is 5.44. The molecule has 0 bridgehead atoms. The molecule has 9 heteroatoms. The van der Waals surface area contributed by atoms with Crippen LogP contribution < -0.4 is 10.6 Å². The van der Waals surface area contributed by atoms with E-state index in [9.17, 15) is 18.0 Å². The van der Waals surface area contributed by atoms with Crippen molar-refractivity contribution >= 4 is 22.0 Å². The molecule has 1 spiro atoms. The second-order valence-electron chi connectivity index (χ2n) is 5.66. The van der Waals surface area contributed by atoms with E-state index in [4.69, 9.17) is 4.74 Å². The summed E-state index contributed by atoms with van der Waals surface area (Å²) in [7, 11) is -3.51. The number of hydrogen-bond acceptors (Lipinski definition) is 5. The van der Waals surface area contributed by atoms with Crippen molar-refractivity contribution in [3.8, 4) is 0 Å². The van der Waals surface area contributed by atoms with Crippen LogP contribution in [0, 0.1) is 0 Å². The van der Waals surface area contributed by atoms with Crippen LogP contribution in [0.1, 0.15) is 26.7 Å².